The molecule has 2 aromatic rings. The third-order valence-corrected chi connectivity index (χ3v) is 4.08. The standard InChI is InChI=1S/C18H17ClN2O3/c1-11(12-6-8-13(19)9-7-12)20-17(22)10-16-18(23)21-14-4-2-3-5-15(14)24-16/h2-9,11,16H,10H2,1H3,(H,20,22)(H,21,23)/t11-,16-/m0/s1. The summed E-state index contributed by atoms with van der Waals surface area (Å²) >= 11 is 5.86. The van der Waals surface area contributed by atoms with Crippen LogP contribution >= 0.6 is 11.6 Å². The Balaban J connectivity index is 1.61. The van der Waals surface area contributed by atoms with Crippen LogP contribution in [0.1, 0.15) is 24.9 Å². The van der Waals surface area contributed by atoms with E-state index in [9.17, 15) is 9.59 Å². The lowest BCUT2D eigenvalue weighted by Crippen LogP contribution is -2.41. The van der Waals surface area contributed by atoms with Gasteiger partial charge in [0.05, 0.1) is 18.2 Å². The van der Waals surface area contributed by atoms with Gasteiger partial charge in [-0.3, -0.25) is 9.59 Å². The minimum Gasteiger partial charge on any atom is -0.478 e. The van der Waals surface area contributed by atoms with Crippen LogP contribution in [0.2, 0.25) is 5.02 Å². The molecule has 0 fully saturated rings. The van der Waals surface area contributed by atoms with Gasteiger partial charge in [-0.2, -0.15) is 0 Å². The van der Waals surface area contributed by atoms with E-state index in [-0.39, 0.29) is 24.3 Å². The van der Waals surface area contributed by atoms with E-state index in [1.807, 2.05) is 31.2 Å². The summed E-state index contributed by atoms with van der Waals surface area (Å²) in [4.78, 5) is 24.3. The third kappa shape index (κ3) is 3.68. The van der Waals surface area contributed by atoms with Crippen LogP contribution in [0.5, 0.6) is 5.75 Å². The maximum absolute atomic E-state index is 12.2. The van der Waals surface area contributed by atoms with Gasteiger partial charge >= 0.3 is 0 Å². The fourth-order valence-corrected chi connectivity index (χ4v) is 2.66. The van der Waals surface area contributed by atoms with E-state index in [0.717, 1.165) is 5.56 Å². The molecule has 0 unspecified atom stereocenters. The molecule has 2 N–H and O–H groups in total. The lowest BCUT2D eigenvalue weighted by Gasteiger charge is -2.25. The maximum atomic E-state index is 12.2. The molecule has 0 saturated heterocycles. The monoisotopic (exact) mass is 344 g/mol. The number of fused-ring (bicyclic) bond motifs is 1. The highest BCUT2D eigenvalue weighted by Gasteiger charge is 2.29. The molecule has 124 valence electrons. The van der Waals surface area contributed by atoms with Crippen LogP contribution in [0.4, 0.5) is 5.69 Å². The van der Waals surface area contributed by atoms with Gasteiger partial charge < -0.3 is 15.4 Å². The number of carbonyl (C=O) groups excluding carboxylic acids is 2. The fourth-order valence-electron chi connectivity index (χ4n) is 2.53. The second kappa shape index (κ2) is 6.93. The number of para-hydroxylation sites is 2. The number of carbonyl (C=O) groups is 2. The van der Waals surface area contributed by atoms with E-state index in [4.69, 9.17) is 16.3 Å². The molecule has 0 aromatic heterocycles. The zero-order chi connectivity index (χ0) is 17.1. The normalized spacial score (nSPS) is 17.2. The van der Waals surface area contributed by atoms with Gasteiger partial charge in [0.1, 0.15) is 5.75 Å². The van der Waals surface area contributed by atoms with Crippen LogP contribution in [-0.2, 0) is 9.59 Å². The van der Waals surface area contributed by atoms with Crippen molar-refractivity contribution in [2.75, 3.05) is 5.32 Å². The molecule has 24 heavy (non-hydrogen) atoms. The summed E-state index contributed by atoms with van der Waals surface area (Å²) in [5.74, 6) is 0.000580. The summed E-state index contributed by atoms with van der Waals surface area (Å²) in [5, 5.41) is 6.26. The number of ether oxygens (including phenoxy) is 1. The Morgan fingerprint density at radius 2 is 1.96 bits per heavy atom. The highest BCUT2D eigenvalue weighted by atomic mass is 35.5. The smallest absolute Gasteiger partial charge is 0.266 e. The zero-order valence-electron chi connectivity index (χ0n) is 13.1. The number of benzene rings is 2. The van der Waals surface area contributed by atoms with E-state index in [2.05, 4.69) is 10.6 Å². The minimum absolute atomic E-state index is 0.0436. The predicted molar refractivity (Wildman–Crippen MR) is 92.1 cm³/mol. The van der Waals surface area contributed by atoms with Gasteiger partial charge in [-0.25, -0.2) is 0 Å². The molecular weight excluding hydrogens is 328 g/mol. The second-order valence-electron chi connectivity index (χ2n) is 5.64. The van der Waals surface area contributed by atoms with Crippen LogP contribution in [0.25, 0.3) is 0 Å². The summed E-state index contributed by atoms with van der Waals surface area (Å²) < 4.78 is 5.63. The molecule has 0 spiro atoms. The zero-order valence-corrected chi connectivity index (χ0v) is 13.8. The Hall–Kier alpha value is -2.53. The lowest BCUT2D eigenvalue weighted by atomic mass is 10.1. The van der Waals surface area contributed by atoms with Crippen molar-refractivity contribution in [2.45, 2.75) is 25.5 Å². The maximum Gasteiger partial charge on any atom is 0.266 e. The van der Waals surface area contributed by atoms with Crippen molar-refractivity contribution >= 4 is 29.1 Å². The van der Waals surface area contributed by atoms with Crippen molar-refractivity contribution in [2.24, 2.45) is 0 Å². The number of hydrogen-bond acceptors (Lipinski definition) is 3. The highest BCUT2D eigenvalue weighted by molar-refractivity contribution is 6.30. The van der Waals surface area contributed by atoms with Crippen molar-refractivity contribution in [1.29, 1.82) is 0 Å². The number of anilines is 1. The first-order valence-electron chi connectivity index (χ1n) is 7.64. The van der Waals surface area contributed by atoms with Crippen molar-refractivity contribution < 1.29 is 14.3 Å². The van der Waals surface area contributed by atoms with Crippen molar-refractivity contribution in [3.05, 3.63) is 59.1 Å². The highest BCUT2D eigenvalue weighted by Crippen LogP contribution is 2.29. The Morgan fingerprint density at radius 1 is 1.25 bits per heavy atom. The Labute approximate surface area is 145 Å². The first kappa shape index (κ1) is 16.3. The lowest BCUT2D eigenvalue weighted by molar-refractivity contribution is -0.130. The Kier molecular flexibility index (Phi) is 4.71. The molecule has 1 heterocycles. The molecule has 2 amide bonds. The molecule has 6 heteroatoms. The van der Waals surface area contributed by atoms with E-state index >= 15 is 0 Å². The van der Waals surface area contributed by atoms with Crippen LogP contribution in [0.3, 0.4) is 0 Å². The van der Waals surface area contributed by atoms with E-state index < -0.39 is 6.10 Å². The average molecular weight is 345 g/mol. The van der Waals surface area contributed by atoms with Crippen LogP contribution in [0.15, 0.2) is 48.5 Å². The fraction of sp³-hybridized carbons (Fsp3) is 0.222. The molecule has 2 atom stereocenters. The minimum atomic E-state index is -0.836. The van der Waals surface area contributed by atoms with Gasteiger partial charge in [0.15, 0.2) is 6.10 Å². The van der Waals surface area contributed by atoms with Gasteiger partial charge in [-0.05, 0) is 36.8 Å². The number of rotatable bonds is 4. The molecule has 0 radical (unpaired) electrons. The topological polar surface area (TPSA) is 67.4 Å². The molecule has 3 rings (SSSR count). The van der Waals surface area contributed by atoms with E-state index in [0.29, 0.717) is 16.5 Å². The van der Waals surface area contributed by atoms with Crippen LogP contribution < -0.4 is 15.4 Å². The summed E-state index contributed by atoms with van der Waals surface area (Å²) in [6.07, 6.45) is -0.879. The largest absolute Gasteiger partial charge is 0.478 e. The summed E-state index contributed by atoms with van der Waals surface area (Å²) in [6, 6.07) is 14.2. The summed E-state index contributed by atoms with van der Waals surface area (Å²) in [5.41, 5.74) is 1.56. The number of amides is 2. The van der Waals surface area contributed by atoms with Crippen molar-refractivity contribution in [3.8, 4) is 5.75 Å². The molecule has 1 aliphatic heterocycles. The first-order chi connectivity index (χ1) is 11.5. The molecule has 5 nitrogen and oxygen atoms in total. The average Bonchev–Trinajstić information content (AvgIpc) is 2.56. The quantitative estimate of drug-likeness (QED) is 0.894. The van der Waals surface area contributed by atoms with Gasteiger partial charge in [-0.1, -0.05) is 35.9 Å². The summed E-state index contributed by atoms with van der Waals surface area (Å²) in [6.45, 7) is 1.87. The first-order valence-corrected chi connectivity index (χ1v) is 8.02. The molecule has 1 aliphatic rings. The third-order valence-electron chi connectivity index (χ3n) is 3.82. The molecular formula is C18H17ClN2O3. The molecule has 0 saturated carbocycles. The van der Waals surface area contributed by atoms with Crippen molar-refractivity contribution in [1.82, 2.24) is 5.32 Å². The number of hydrogen-bond donors (Lipinski definition) is 2. The Morgan fingerprint density at radius 3 is 2.71 bits per heavy atom. The second-order valence-corrected chi connectivity index (χ2v) is 6.07. The number of halogens is 1. The molecule has 2 aromatic carbocycles. The van der Waals surface area contributed by atoms with Gasteiger partial charge in [0.25, 0.3) is 5.91 Å². The van der Waals surface area contributed by atoms with E-state index in [1.54, 1.807) is 24.3 Å². The van der Waals surface area contributed by atoms with E-state index in [1.165, 1.54) is 0 Å². The number of nitrogens with one attached hydrogen (secondary N) is 2. The van der Waals surface area contributed by atoms with Crippen LogP contribution in [-0.4, -0.2) is 17.9 Å². The van der Waals surface area contributed by atoms with Crippen LogP contribution in [0, 0.1) is 0 Å². The van der Waals surface area contributed by atoms with Gasteiger partial charge in [0, 0.05) is 5.02 Å². The van der Waals surface area contributed by atoms with Gasteiger partial charge in [0.2, 0.25) is 5.91 Å². The van der Waals surface area contributed by atoms with Gasteiger partial charge in [-0.15, -0.1) is 0 Å². The molecule has 0 bridgehead atoms. The SMILES string of the molecule is C[C@H](NC(=O)C[C@@H]1Oc2ccccc2NC1=O)c1ccc(Cl)cc1. The Bertz CT molecular complexity index is 761. The predicted octanol–water partition coefficient (Wildman–Crippen LogP) is 3.31. The molecule has 0 aliphatic carbocycles. The van der Waals surface area contributed by atoms with Crippen molar-refractivity contribution in [3.63, 3.8) is 0 Å². The summed E-state index contributed by atoms with van der Waals surface area (Å²) in [7, 11) is 0.